The highest BCUT2D eigenvalue weighted by Gasteiger charge is 2.51. The van der Waals surface area contributed by atoms with Gasteiger partial charge in [0.15, 0.2) is 5.69 Å². The molecule has 10 heteroatoms. The van der Waals surface area contributed by atoms with Gasteiger partial charge >= 0.3 is 6.03 Å². The molecule has 4 rings (SSSR count). The summed E-state index contributed by atoms with van der Waals surface area (Å²) in [6, 6.07) is 6.65. The number of halogens is 1. The number of hydrogen-bond acceptors (Lipinski definition) is 5. The molecule has 28 heavy (non-hydrogen) atoms. The average Bonchev–Trinajstić information content (AvgIpc) is 3.16. The molecular formula is C18H19ClN6O3. The first kappa shape index (κ1) is 18.4. The van der Waals surface area contributed by atoms with Crippen LogP contribution in [0.3, 0.4) is 0 Å². The Labute approximate surface area is 166 Å². The fourth-order valence-corrected chi connectivity index (χ4v) is 3.81. The van der Waals surface area contributed by atoms with Crippen LogP contribution in [0.2, 0.25) is 5.02 Å². The number of imide groups is 1. The lowest BCUT2D eigenvalue weighted by Crippen LogP contribution is -2.55. The number of benzene rings is 1. The molecule has 1 aromatic heterocycles. The second-order valence-electron chi connectivity index (χ2n) is 7.07. The molecule has 0 atom stereocenters. The summed E-state index contributed by atoms with van der Waals surface area (Å²) in [6.45, 7) is 2.42. The molecule has 4 amide bonds. The molecule has 3 heterocycles. The highest BCUT2D eigenvalue weighted by Crippen LogP contribution is 2.29. The number of nitrogens with zero attached hydrogens (tertiary/aromatic N) is 5. The number of aryl methyl sites for hydroxylation is 1. The van der Waals surface area contributed by atoms with E-state index in [9.17, 15) is 14.4 Å². The van der Waals surface area contributed by atoms with Crippen LogP contribution in [0, 0.1) is 6.92 Å². The summed E-state index contributed by atoms with van der Waals surface area (Å²) in [6.07, 6.45) is 0.740. The highest BCUT2D eigenvalue weighted by atomic mass is 35.5. The Bertz CT molecular complexity index is 979. The number of amides is 4. The Balaban J connectivity index is 1.51. The molecule has 1 aromatic carbocycles. The van der Waals surface area contributed by atoms with E-state index in [1.165, 1.54) is 11.8 Å². The van der Waals surface area contributed by atoms with Crippen LogP contribution in [0.15, 0.2) is 24.3 Å². The van der Waals surface area contributed by atoms with Gasteiger partial charge in [0.1, 0.15) is 5.54 Å². The molecule has 1 spiro atoms. The van der Waals surface area contributed by atoms with Gasteiger partial charge in [-0.3, -0.25) is 14.5 Å². The van der Waals surface area contributed by atoms with Crippen LogP contribution in [0.25, 0.3) is 5.69 Å². The summed E-state index contributed by atoms with van der Waals surface area (Å²) < 4.78 is 0. The van der Waals surface area contributed by atoms with Crippen molar-refractivity contribution in [3.63, 3.8) is 0 Å². The van der Waals surface area contributed by atoms with Crippen molar-refractivity contribution in [2.75, 3.05) is 20.1 Å². The topological polar surface area (TPSA) is 100 Å². The van der Waals surface area contributed by atoms with Gasteiger partial charge in [-0.05, 0) is 38.0 Å². The van der Waals surface area contributed by atoms with Crippen molar-refractivity contribution in [3.8, 4) is 5.69 Å². The molecule has 9 nitrogen and oxygen atoms in total. The van der Waals surface area contributed by atoms with E-state index >= 15 is 0 Å². The summed E-state index contributed by atoms with van der Waals surface area (Å²) >= 11 is 6.01. The van der Waals surface area contributed by atoms with E-state index in [-0.39, 0.29) is 17.5 Å². The largest absolute Gasteiger partial charge is 0.337 e. The first-order valence-corrected chi connectivity index (χ1v) is 9.28. The number of nitrogens with one attached hydrogen (secondary N) is 1. The SMILES string of the molecule is Cc1nn(-c2cccc(Cl)c2)nc1C(=O)N1CCC2(CC1)NC(=O)N(C)C2=O. The molecule has 0 unspecified atom stereocenters. The van der Waals surface area contributed by atoms with Crippen LogP contribution in [-0.2, 0) is 4.79 Å². The lowest BCUT2D eigenvalue weighted by molar-refractivity contribution is -0.131. The molecule has 2 aliphatic heterocycles. The predicted molar refractivity (Wildman–Crippen MR) is 100 cm³/mol. The summed E-state index contributed by atoms with van der Waals surface area (Å²) in [5.74, 6) is -0.488. The van der Waals surface area contributed by atoms with Crippen molar-refractivity contribution in [2.24, 2.45) is 0 Å². The quantitative estimate of drug-likeness (QED) is 0.765. The standard InChI is InChI=1S/C18H19ClN6O3/c1-11-14(22-25(21-11)13-5-3-4-12(19)10-13)15(26)24-8-6-18(7-9-24)16(27)23(2)17(28)20-18/h3-5,10H,6-9H2,1-2H3,(H,20,28). The zero-order valence-corrected chi connectivity index (χ0v) is 16.2. The van der Waals surface area contributed by atoms with Crippen molar-refractivity contribution >= 4 is 29.4 Å². The van der Waals surface area contributed by atoms with Crippen molar-refractivity contribution in [1.29, 1.82) is 0 Å². The van der Waals surface area contributed by atoms with Crippen molar-refractivity contribution in [3.05, 3.63) is 40.7 Å². The van der Waals surface area contributed by atoms with Gasteiger partial charge in [-0.25, -0.2) is 4.79 Å². The number of carbonyl (C=O) groups is 3. The third-order valence-electron chi connectivity index (χ3n) is 5.29. The van der Waals surface area contributed by atoms with Crippen LogP contribution < -0.4 is 5.32 Å². The molecule has 2 saturated heterocycles. The Kier molecular flexibility index (Phi) is 4.34. The molecule has 0 bridgehead atoms. The Morgan fingerprint density at radius 2 is 1.93 bits per heavy atom. The van der Waals surface area contributed by atoms with Gasteiger partial charge in [-0.1, -0.05) is 17.7 Å². The summed E-state index contributed by atoms with van der Waals surface area (Å²) in [5.41, 5.74) is 0.524. The van der Waals surface area contributed by atoms with Gasteiger partial charge < -0.3 is 10.2 Å². The number of piperidine rings is 1. The maximum absolute atomic E-state index is 12.9. The summed E-state index contributed by atoms with van der Waals surface area (Å²) in [5, 5.41) is 12.0. The van der Waals surface area contributed by atoms with Crippen LogP contribution in [0.4, 0.5) is 4.79 Å². The lowest BCUT2D eigenvalue weighted by atomic mass is 9.87. The van der Waals surface area contributed by atoms with Crippen molar-refractivity contribution < 1.29 is 14.4 Å². The van der Waals surface area contributed by atoms with Crippen LogP contribution >= 0.6 is 11.6 Å². The first-order valence-electron chi connectivity index (χ1n) is 8.90. The maximum Gasteiger partial charge on any atom is 0.324 e. The Hall–Kier alpha value is -2.94. The van der Waals surface area contributed by atoms with Gasteiger partial charge in [0.05, 0.1) is 11.4 Å². The molecule has 146 valence electrons. The fraction of sp³-hybridized carbons (Fsp3) is 0.389. The Morgan fingerprint density at radius 3 is 2.54 bits per heavy atom. The minimum atomic E-state index is -0.907. The third-order valence-corrected chi connectivity index (χ3v) is 5.53. The van der Waals surface area contributed by atoms with E-state index < -0.39 is 11.6 Å². The van der Waals surface area contributed by atoms with Crippen molar-refractivity contribution in [1.82, 2.24) is 30.1 Å². The van der Waals surface area contributed by atoms with Crippen LogP contribution in [-0.4, -0.2) is 68.3 Å². The minimum Gasteiger partial charge on any atom is -0.337 e. The van der Waals surface area contributed by atoms with E-state index in [1.807, 2.05) is 0 Å². The smallest absolute Gasteiger partial charge is 0.324 e. The first-order chi connectivity index (χ1) is 13.3. The van der Waals surface area contributed by atoms with Crippen LogP contribution in [0.1, 0.15) is 29.0 Å². The summed E-state index contributed by atoms with van der Waals surface area (Å²) in [4.78, 5) is 41.2. The van der Waals surface area contributed by atoms with E-state index in [4.69, 9.17) is 11.6 Å². The molecular weight excluding hydrogens is 384 g/mol. The monoisotopic (exact) mass is 402 g/mol. The molecule has 2 aliphatic rings. The zero-order valence-electron chi connectivity index (χ0n) is 15.5. The second kappa shape index (κ2) is 6.59. The summed E-state index contributed by atoms with van der Waals surface area (Å²) in [7, 11) is 1.46. The number of rotatable bonds is 2. The van der Waals surface area contributed by atoms with E-state index in [2.05, 4.69) is 15.5 Å². The van der Waals surface area contributed by atoms with Crippen molar-refractivity contribution in [2.45, 2.75) is 25.3 Å². The average molecular weight is 403 g/mol. The number of likely N-dealkylation sites (N-methyl/N-ethyl adjacent to an activating group) is 1. The number of aromatic nitrogens is 3. The van der Waals surface area contributed by atoms with Gasteiger partial charge in [-0.2, -0.15) is 9.90 Å². The van der Waals surface area contributed by atoms with E-state index in [0.717, 1.165) is 4.90 Å². The number of likely N-dealkylation sites (tertiary alicyclic amines) is 1. The van der Waals surface area contributed by atoms with E-state index in [0.29, 0.717) is 42.3 Å². The molecule has 2 fully saturated rings. The predicted octanol–water partition coefficient (Wildman–Crippen LogP) is 1.39. The van der Waals surface area contributed by atoms with Gasteiger partial charge in [-0.15, -0.1) is 5.10 Å². The van der Waals surface area contributed by atoms with Gasteiger partial charge in [0.25, 0.3) is 11.8 Å². The van der Waals surface area contributed by atoms with E-state index in [1.54, 1.807) is 36.1 Å². The highest BCUT2D eigenvalue weighted by molar-refractivity contribution is 6.30. The lowest BCUT2D eigenvalue weighted by Gasteiger charge is -2.36. The molecule has 2 aromatic rings. The maximum atomic E-state index is 12.9. The Morgan fingerprint density at radius 1 is 1.21 bits per heavy atom. The number of carbonyl (C=O) groups excluding carboxylic acids is 3. The number of hydrogen-bond donors (Lipinski definition) is 1. The molecule has 1 N–H and O–H groups in total. The molecule has 0 aliphatic carbocycles. The normalized spacial score (nSPS) is 18.7. The third kappa shape index (κ3) is 2.91. The fourth-order valence-electron chi connectivity index (χ4n) is 3.63. The van der Waals surface area contributed by atoms with Gasteiger partial charge in [0, 0.05) is 25.2 Å². The number of urea groups is 1. The van der Waals surface area contributed by atoms with Gasteiger partial charge in [0.2, 0.25) is 0 Å². The molecule has 0 radical (unpaired) electrons. The second-order valence-corrected chi connectivity index (χ2v) is 7.51. The minimum absolute atomic E-state index is 0.243. The zero-order chi connectivity index (χ0) is 20.1. The molecule has 0 saturated carbocycles. The van der Waals surface area contributed by atoms with Crippen LogP contribution in [0.5, 0.6) is 0 Å².